The van der Waals surface area contributed by atoms with Gasteiger partial charge in [0.1, 0.15) is 5.75 Å². The summed E-state index contributed by atoms with van der Waals surface area (Å²) >= 11 is 0. The maximum atomic E-state index is 6.03. The van der Waals surface area contributed by atoms with Gasteiger partial charge >= 0.3 is 0 Å². The molecule has 2 aliphatic carbocycles. The van der Waals surface area contributed by atoms with E-state index < -0.39 is 0 Å². The molecule has 2 unspecified atom stereocenters. The molecule has 0 radical (unpaired) electrons. The number of nitrogens with zero attached hydrogens (tertiary/aromatic N) is 1. The van der Waals surface area contributed by atoms with Crippen LogP contribution < -0.4 is 10.5 Å². The minimum Gasteiger partial charge on any atom is -0.496 e. The Hall–Kier alpha value is -1.97. The molecule has 2 aromatic rings. The van der Waals surface area contributed by atoms with Crippen LogP contribution in [0.25, 0.3) is 11.1 Å². The third-order valence-corrected chi connectivity index (χ3v) is 4.75. The summed E-state index contributed by atoms with van der Waals surface area (Å²) in [5, 5.41) is 4.25. The van der Waals surface area contributed by atoms with Gasteiger partial charge < -0.3 is 15.0 Å². The summed E-state index contributed by atoms with van der Waals surface area (Å²) in [4.78, 5) is 0. The zero-order valence-corrected chi connectivity index (χ0v) is 11.5. The van der Waals surface area contributed by atoms with Crippen LogP contribution in [0.15, 0.2) is 28.8 Å². The van der Waals surface area contributed by atoms with Crippen LogP contribution in [0.3, 0.4) is 0 Å². The molecule has 1 heterocycles. The van der Waals surface area contributed by atoms with Crippen LogP contribution in [-0.4, -0.2) is 12.3 Å². The van der Waals surface area contributed by atoms with E-state index in [1.165, 1.54) is 19.3 Å². The van der Waals surface area contributed by atoms with Crippen LogP contribution in [0.2, 0.25) is 0 Å². The standard InChI is InChI=1S/C16H18N2O2/c1-19-13-5-3-2-4-12(13)14-15(18-20-16(14)17)11-7-9-6-10(9)8-11/h2-5,9-11H,6-8,17H2,1H3. The normalized spacial score (nSPS) is 27.4. The summed E-state index contributed by atoms with van der Waals surface area (Å²) in [6.45, 7) is 0. The minimum atomic E-state index is 0.394. The summed E-state index contributed by atoms with van der Waals surface area (Å²) in [5.74, 6) is 3.50. The van der Waals surface area contributed by atoms with Gasteiger partial charge in [0.25, 0.3) is 0 Å². The van der Waals surface area contributed by atoms with E-state index in [9.17, 15) is 0 Å². The predicted octanol–water partition coefficient (Wildman–Crippen LogP) is 3.45. The Morgan fingerprint density at radius 1 is 1.20 bits per heavy atom. The number of nitrogen functional groups attached to an aromatic ring is 1. The number of aromatic nitrogens is 1. The first-order valence-electron chi connectivity index (χ1n) is 7.16. The smallest absolute Gasteiger partial charge is 0.230 e. The van der Waals surface area contributed by atoms with Gasteiger partial charge in [0.05, 0.1) is 18.4 Å². The predicted molar refractivity (Wildman–Crippen MR) is 76.5 cm³/mol. The molecule has 4 rings (SSSR count). The van der Waals surface area contributed by atoms with Crippen molar-refractivity contribution in [1.82, 2.24) is 5.16 Å². The first-order chi connectivity index (χ1) is 9.78. The second-order valence-corrected chi connectivity index (χ2v) is 5.93. The molecule has 0 amide bonds. The number of methoxy groups -OCH3 is 1. The quantitative estimate of drug-likeness (QED) is 0.928. The van der Waals surface area contributed by atoms with E-state index in [4.69, 9.17) is 15.0 Å². The third kappa shape index (κ3) is 1.71. The molecule has 0 bridgehead atoms. The Labute approximate surface area is 117 Å². The van der Waals surface area contributed by atoms with Crippen molar-refractivity contribution in [2.45, 2.75) is 25.2 Å². The van der Waals surface area contributed by atoms with Crippen LogP contribution >= 0.6 is 0 Å². The second-order valence-electron chi connectivity index (χ2n) is 5.93. The van der Waals surface area contributed by atoms with Crippen LogP contribution in [-0.2, 0) is 0 Å². The van der Waals surface area contributed by atoms with E-state index in [1.54, 1.807) is 7.11 Å². The Balaban J connectivity index is 1.79. The van der Waals surface area contributed by atoms with Crippen molar-refractivity contribution in [2.75, 3.05) is 12.8 Å². The second kappa shape index (κ2) is 4.27. The topological polar surface area (TPSA) is 61.3 Å². The van der Waals surface area contributed by atoms with Gasteiger partial charge in [-0.05, 0) is 37.2 Å². The van der Waals surface area contributed by atoms with Crippen LogP contribution in [0.1, 0.15) is 30.9 Å². The summed E-state index contributed by atoms with van der Waals surface area (Å²) < 4.78 is 10.7. The fraction of sp³-hybridized carbons (Fsp3) is 0.438. The van der Waals surface area contributed by atoms with Gasteiger partial charge in [-0.15, -0.1) is 0 Å². The fourth-order valence-electron chi connectivity index (χ4n) is 3.65. The molecule has 2 atom stereocenters. The number of hydrogen-bond acceptors (Lipinski definition) is 4. The van der Waals surface area contributed by atoms with E-state index in [2.05, 4.69) is 5.16 Å². The van der Waals surface area contributed by atoms with E-state index in [0.29, 0.717) is 11.8 Å². The average Bonchev–Trinajstić information content (AvgIpc) is 2.91. The number of fused-ring (bicyclic) bond motifs is 1. The van der Waals surface area contributed by atoms with Crippen molar-refractivity contribution >= 4 is 5.88 Å². The zero-order valence-electron chi connectivity index (χ0n) is 11.5. The molecule has 0 spiro atoms. The van der Waals surface area contributed by atoms with Gasteiger partial charge in [0, 0.05) is 11.5 Å². The van der Waals surface area contributed by atoms with Gasteiger partial charge in [-0.3, -0.25) is 0 Å². The van der Waals surface area contributed by atoms with E-state index in [1.807, 2.05) is 24.3 Å². The largest absolute Gasteiger partial charge is 0.496 e. The number of ether oxygens (including phenoxy) is 1. The van der Waals surface area contributed by atoms with Gasteiger partial charge in [-0.1, -0.05) is 23.4 Å². The van der Waals surface area contributed by atoms with Crippen LogP contribution in [0, 0.1) is 11.8 Å². The number of benzene rings is 1. The molecule has 20 heavy (non-hydrogen) atoms. The van der Waals surface area contributed by atoms with Gasteiger partial charge in [-0.25, -0.2) is 0 Å². The Bertz CT molecular complexity index is 640. The highest BCUT2D eigenvalue weighted by Gasteiger charge is 2.47. The highest BCUT2D eigenvalue weighted by Crippen LogP contribution is 2.58. The lowest BCUT2D eigenvalue weighted by Gasteiger charge is -2.12. The first kappa shape index (κ1) is 11.8. The maximum absolute atomic E-state index is 6.03. The molecule has 2 aliphatic rings. The van der Waals surface area contributed by atoms with Crippen LogP contribution in [0.4, 0.5) is 5.88 Å². The Kier molecular flexibility index (Phi) is 2.52. The molecular formula is C16H18N2O2. The van der Waals surface area contributed by atoms with E-state index >= 15 is 0 Å². The lowest BCUT2D eigenvalue weighted by molar-refractivity contribution is 0.415. The van der Waals surface area contributed by atoms with Crippen LogP contribution in [0.5, 0.6) is 5.75 Å². The fourth-order valence-corrected chi connectivity index (χ4v) is 3.65. The monoisotopic (exact) mass is 270 g/mol. The van der Waals surface area contributed by atoms with Crippen molar-refractivity contribution in [3.05, 3.63) is 30.0 Å². The lowest BCUT2D eigenvalue weighted by Crippen LogP contribution is -2.00. The SMILES string of the molecule is COc1ccccc1-c1c(C2CC3CC3C2)noc1N. The van der Waals surface area contributed by atoms with Gasteiger partial charge in [-0.2, -0.15) is 0 Å². The Morgan fingerprint density at radius 3 is 2.70 bits per heavy atom. The van der Waals surface area contributed by atoms with Crippen molar-refractivity contribution < 1.29 is 9.26 Å². The minimum absolute atomic E-state index is 0.394. The molecule has 104 valence electrons. The summed E-state index contributed by atoms with van der Waals surface area (Å²) in [5.41, 5.74) is 8.94. The highest BCUT2D eigenvalue weighted by molar-refractivity contribution is 5.80. The molecular weight excluding hydrogens is 252 g/mol. The average molecular weight is 270 g/mol. The highest BCUT2D eigenvalue weighted by atomic mass is 16.5. The number of anilines is 1. The third-order valence-electron chi connectivity index (χ3n) is 4.75. The summed E-state index contributed by atoms with van der Waals surface area (Å²) in [6, 6.07) is 7.90. The van der Waals surface area contributed by atoms with Crippen molar-refractivity contribution in [3.8, 4) is 16.9 Å². The molecule has 2 N–H and O–H groups in total. The number of nitrogens with two attached hydrogens (primary N) is 1. The van der Waals surface area contributed by atoms with E-state index in [0.717, 1.165) is 34.4 Å². The molecule has 4 heteroatoms. The van der Waals surface area contributed by atoms with Gasteiger partial charge in [0.15, 0.2) is 0 Å². The summed E-state index contributed by atoms with van der Waals surface area (Å²) in [7, 11) is 1.67. The molecule has 0 aliphatic heterocycles. The zero-order chi connectivity index (χ0) is 13.7. The molecule has 4 nitrogen and oxygen atoms in total. The molecule has 0 saturated heterocycles. The van der Waals surface area contributed by atoms with Crippen molar-refractivity contribution in [1.29, 1.82) is 0 Å². The number of para-hydroxylation sites is 1. The first-order valence-corrected chi connectivity index (χ1v) is 7.16. The van der Waals surface area contributed by atoms with Crippen molar-refractivity contribution in [3.63, 3.8) is 0 Å². The lowest BCUT2D eigenvalue weighted by atomic mass is 9.93. The summed E-state index contributed by atoms with van der Waals surface area (Å²) in [6.07, 6.45) is 3.84. The molecule has 1 aromatic heterocycles. The van der Waals surface area contributed by atoms with Gasteiger partial charge in [0.2, 0.25) is 5.88 Å². The molecule has 2 fully saturated rings. The maximum Gasteiger partial charge on any atom is 0.230 e. The van der Waals surface area contributed by atoms with Crippen molar-refractivity contribution in [2.24, 2.45) is 11.8 Å². The number of rotatable bonds is 3. The Morgan fingerprint density at radius 2 is 1.95 bits per heavy atom. The number of hydrogen-bond donors (Lipinski definition) is 1. The molecule has 1 aromatic carbocycles. The van der Waals surface area contributed by atoms with E-state index in [-0.39, 0.29) is 0 Å². The molecule has 2 saturated carbocycles.